The van der Waals surface area contributed by atoms with Crippen LogP contribution in [0.25, 0.3) is 0 Å². The summed E-state index contributed by atoms with van der Waals surface area (Å²) >= 11 is 3.86. The van der Waals surface area contributed by atoms with Gasteiger partial charge >= 0.3 is 0 Å². The zero-order valence-electron chi connectivity index (χ0n) is 13.0. The van der Waals surface area contributed by atoms with Crippen molar-refractivity contribution in [2.24, 2.45) is 16.7 Å². The molecular formula is C15H30OSY-2. The number of hydrogen-bond acceptors (Lipinski definition) is 2. The van der Waals surface area contributed by atoms with Crippen LogP contribution in [0.3, 0.4) is 0 Å². The monoisotopic (exact) mass is 347 g/mol. The molecule has 0 aromatic carbocycles. The fourth-order valence-corrected chi connectivity index (χ4v) is 1.44. The molecule has 0 aromatic heterocycles. The third kappa shape index (κ3) is 15.2. The van der Waals surface area contributed by atoms with E-state index in [1.165, 1.54) is 0 Å². The summed E-state index contributed by atoms with van der Waals surface area (Å²) < 4.78 is 0. The summed E-state index contributed by atoms with van der Waals surface area (Å²) in [6.07, 6.45) is 1.80. The summed E-state index contributed by atoms with van der Waals surface area (Å²) in [5, 5.41) is 0. The van der Waals surface area contributed by atoms with Gasteiger partial charge in [-0.25, -0.2) is 0 Å². The first-order valence-corrected chi connectivity index (χ1v) is 6.86. The van der Waals surface area contributed by atoms with Gasteiger partial charge in [-0.3, -0.25) is 0 Å². The molecule has 1 radical (unpaired) electrons. The van der Waals surface area contributed by atoms with Gasteiger partial charge in [0.2, 0.25) is 0 Å². The molecule has 0 saturated carbocycles. The van der Waals surface area contributed by atoms with E-state index < -0.39 is 0 Å². The number of thiol groups is 1. The van der Waals surface area contributed by atoms with Gasteiger partial charge < -0.3 is 18.6 Å². The Hall–Kier alpha value is 1.12. The standard InChI is InChI=1S/C12H23O.C3H7S.Y/c1-9(8-11(2,3)4)10(13)12(5,6)7;1-2-3-4;/h9H,1,8H2,2-7H3;4H,1-3H2;/q2*-1;. The summed E-state index contributed by atoms with van der Waals surface area (Å²) in [4.78, 5) is 11.8. The molecule has 107 valence electrons. The largest absolute Gasteiger partial charge is 0.343 e. The number of carbonyl (C=O) groups is 1. The fraction of sp³-hybridized carbons (Fsp3) is 0.800. The summed E-state index contributed by atoms with van der Waals surface area (Å²) in [6, 6.07) is 0. The molecular weight excluding hydrogens is 317 g/mol. The molecule has 0 aliphatic carbocycles. The molecule has 0 rings (SSSR count). The third-order valence-corrected chi connectivity index (χ3v) is 2.44. The summed E-state index contributed by atoms with van der Waals surface area (Å²) in [7, 11) is 0. The zero-order chi connectivity index (χ0) is 14.3. The summed E-state index contributed by atoms with van der Waals surface area (Å²) in [6.45, 7) is 19.8. The Morgan fingerprint density at radius 2 is 1.50 bits per heavy atom. The van der Waals surface area contributed by atoms with Gasteiger partial charge in [0.15, 0.2) is 0 Å². The van der Waals surface area contributed by atoms with Crippen LogP contribution in [0, 0.1) is 30.6 Å². The minimum atomic E-state index is -0.252. The minimum absolute atomic E-state index is 0. The topological polar surface area (TPSA) is 17.1 Å². The van der Waals surface area contributed by atoms with Gasteiger partial charge in [0.25, 0.3) is 0 Å². The average Bonchev–Trinajstić information content (AvgIpc) is 2.13. The Labute approximate surface area is 146 Å². The maximum absolute atomic E-state index is 11.8. The number of rotatable bonds is 3. The van der Waals surface area contributed by atoms with E-state index in [0.29, 0.717) is 0 Å². The zero-order valence-corrected chi connectivity index (χ0v) is 16.8. The van der Waals surface area contributed by atoms with Crippen LogP contribution < -0.4 is 0 Å². The van der Waals surface area contributed by atoms with Crippen molar-refractivity contribution in [2.45, 2.75) is 54.4 Å². The van der Waals surface area contributed by atoms with Gasteiger partial charge in [0.1, 0.15) is 5.78 Å². The van der Waals surface area contributed by atoms with Gasteiger partial charge in [0.05, 0.1) is 0 Å². The van der Waals surface area contributed by atoms with Crippen LogP contribution in [0.2, 0.25) is 0 Å². The van der Waals surface area contributed by atoms with Gasteiger partial charge in [-0.15, -0.1) is 5.92 Å². The van der Waals surface area contributed by atoms with Crippen molar-refractivity contribution in [1.82, 2.24) is 0 Å². The second-order valence-corrected chi connectivity index (χ2v) is 7.10. The SMILES string of the molecule is [CH2-]C(CC(C)(C)C)C(=O)C(C)(C)C.[CH2-]CCS.[Y]. The van der Waals surface area contributed by atoms with Crippen LogP contribution in [-0.2, 0) is 37.5 Å². The molecule has 1 unspecified atom stereocenters. The third-order valence-electron chi connectivity index (χ3n) is 2.13. The van der Waals surface area contributed by atoms with Crippen molar-refractivity contribution in [3.63, 3.8) is 0 Å². The van der Waals surface area contributed by atoms with Crippen LogP contribution in [0.1, 0.15) is 54.4 Å². The molecule has 0 aromatic rings. The molecule has 0 N–H and O–H groups in total. The maximum atomic E-state index is 11.8. The van der Waals surface area contributed by atoms with E-state index in [9.17, 15) is 4.79 Å². The smallest absolute Gasteiger partial charge is 0.111 e. The average molecular weight is 347 g/mol. The molecule has 0 aliphatic heterocycles. The molecule has 0 aliphatic rings. The molecule has 3 heteroatoms. The van der Waals surface area contributed by atoms with Crippen LogP contribution >= 0.6 is 12.6 Å². The molecule has 1 nitrogen and oxygen atoms in total. The Morgan fingerprint density at radius 1 is 1.17 bits per heavy atom. The number of hydrogen-bond donors (Lipinski definition) is 1. The number of carbonyl (C=O) groups excluding carboxylic acids is 1. The molecule has 18 heavy (non-hydrogen) atoms. The molecule has 0 bridgehead atoms. The normalized spacial score (nSPS) is 12.9. The molecule has 0 spiro atoms. The molecule has 0 amide bonds. The Morgan fingerprint density at radius 3 is 1.67 bits per heavy atom. The van der Waals surface area contributed by atoms with E-state index >= 15 is 0 Å². The van der Waals surface area contributed by atoms with E-state index in [-0.39, 0.29) is 55.2 Å². The Kier molecular flexibility index (Phi) is 14.6. The van der Waals surface area contributed by atoms with E-state index in [2.05, 4.69) is 47.2 Å². The number of ketones is 1. The van der Waals surface area contributed by atoms with Crippen molar-refractivity contribution >= 4 is 18.4 Å². The first kappa shape index (κ1) is 24.2. The van der Waals surface area contributed by atoms with E-state index in [1.54, 1.807) is 0 Å². The van der Waals surface area contributed by atoms with Crippen molar-refractivity contribution in [1.29, 1.82) is 0 Å². The van der Waals surface area contributed by atoms with Gasteiger partial charge in [-0.2, -0.15) is 19.0 Å². The van der Waals surface area contributed by atoms with Crippen molar-refractivity contribution in [3.8, 4) is 0 Å². The first-order valence-electron chi connectivity index (χ1n) is 6.23. The van der Waals surface area contributed by atoms with E-state index in [0.717, 1.165) is 18.6 Å². The second kappa shape index (κ2) is 10.9. The van der Waals surface area contributed by atoms with Crippen LogP contribution in [0.5, 0.6) is 0 Å². The molecule has 0 fully saturated rings. The van der Waals surface area contributed by atoms with Crippen molar-refractivity contribution in [3.05, 3.63) is 13.8 Å². The predicted octanol–water partition coefficient (Wildman–Crippen LogP) is 4.63. The maximum Gasteiger partial charge on any atom is 0.111 e. The minimum Gasteiger partial charge on any atom is -0.343 e. The van der Waals surface area contributed by atoms with E-state index in [1.807, 2.05) is 20.8 Å². The van der Waals surface area contributed by atoms with Crippen molar-refractivity contribution in [2.75, 3.05) is 5.75 Å². The number of Topliss-reactive ketones (excluding diaryl/α,β-unsaturated/α-hetero) is 1. The molecule has 1 atom stereocenters. The Bertz CT molecular complexity index is 212. The predicted molar refractivity (Wildman–Crippen MR) is 81.2 cm³/mol. The summed E-state index contributed by atoms with van der Waals surface area (Å²) in [5.41, 5.74) is -0.0645. The van der Waals surface area contributed by atoms with Crippen LogP contribution in [0.15, 0.2) is 0 Å². The second-order valence-electron chi connectivity index (χ2n) is 6.65. The van der Waals surface area contributed by atoms with E-state index in [4.69, 9.17) is 0 Å². The van der Waals surface area contributed by atoms with Gasteiger partial charge in [-0.1, -0.05) is 48.0 Å². The van der Waals surface area contributed by atoms with Gasteiger partial charge in [-0.05, 0) is 11.2 Å². The Balaban J connectivity index is -0.000000392. The quantitative estimate of drug-likeness (QED) is 0.582. The fourth-order valence-electron chi connectivity index (χ4n) is 1.44. The first-order chi connectivity index (χ1) is 7.45. The van der Waals surface area contributed by atoms with Crippen LogP contribution in [-0.4, -0.2) is 11.5 Å². The summed E-state index contributed by atoms with van der Waals surface area (Å²) in [5.74, 6) is 1.10. The molecule has 0 heterocycles. The molecule has 0 saturated heterocycles. The van der Waals surface area contributed by atoms with Gasteiger partial charge in [0, 0.05) is 38.1 Å². The van der Waals surface area contributed by atoms with Crippen LogP contribution in [0.4, 0.5) is 0 Å². The van der Waals surface area contributed by atoms with Crippen molar-refractivity contribution < 1.29 is 37.5 Å².